The molecular formula is C45H76O6. The third-order valence-corrected chi connectivity index (χ3v) is 9.24. The Kier molecular flexibility index (Phi) is 32.8. The molecule has 1 fully saturated rings. The average Bonchev–Trinajstić information content (AvgIpc) is 3.89. The number of carbonyl (C=O) groups excluding carboxylic acids is 2. The van der Waals surface area contributed by atoms with Crippen molar-refractivity contribution in [3.63, 3.8) is 0 Å². The van der Waals surface area contributed by atoms with Gasteiger partial charge in [-0.25, -0.2) is 0 Å². The predicted octanol–water partition coefficient (Wildman–Crippen LogP) is 12.2. The van der Waals surface area contributed by atoms with Crippen LogP contribution in [0.1, 0.15) is 181 Å². The first-order valence-corrected chi connectivity index (χ1v) is 21.0. The van der Waals surface area contributed by atoms with Gasteiger partial charge in [-0.1, -0.05) is 177 Å². The molecule has 2 unspecified atom stereocenters. The average molecular weight is 713 g/mol. The first-order chi connectivity index (χ1) is 25.1. The number of unbranched alkanes of at least 4 members (excludes halogenated alkanes) is 16. The Morgan fingerprint density at radius 3 is 1.51 bits per heavy atom. The van der Waals surface area contributed by atoms with Crippen molar-refractivity contribution in [1.29, 1.82) is 0 Å². The first-order valence-electron chi connectivity index (χ1n) is 21.0. The summed E-state index contributed by atoms with van der Waals surface area (Å²) in [5.41, 5.74) is 0. The fourth-order valence-corrected chi connectivity index (χ4v) is 5.97. The van der Waals surface area contributed by atoms with Gasteiger partial charge in [-0.05, 0) is 51.4 Å². The number of hydrogen-bond donors (Lipinski definition) is 1. The van der Waals surface area contributed by atoms with E-state index in [-0.39, 0.29) is 25.6 Å². The number of allylic oxidation sites excluding steroid dienone is 8. The maximum absolute atomic E-state index is 12.2. The lowest BCUT2D eigenvalue weighted by Crippen LogP contribution is -2.28. The Morgan fingerprint density at radius 2 is 1.02 bits per heavy atom. The minimum atomic E-state index is -0.815. The highest BCUT2D eigenvalue weighted by Gasteiger charge is 2.35. The minimum Gasteiger partial charge on any atom is -0.462 e. The minimum absolute atomic E-state index is 0.0988. The standard InChI is InChI=1S/C45H76O6/c1-3-5-7-8-9-10-11-12-13-14-15-16-20-23-26-29-33-37-44(47)49-40-41(39-46)50-45(48)38-34-30-27-24-21-18-17-19-22-25-28-32-36-43-42(51-43)35-31-6-4-2/h6,18-19,21-22,27-28,30-32,41-43,46H,3-5,7-17,20,23-26,29,33-40H2,1-2H3/b21-18-,22-19-,30-27-,31-6-,32-28-/t41-,42?,43?/m0/s1. The van der Waals surface area contributed by atoms with Crippen molar-refractivity contribution < 1.29 is 28.9 Å². The summed E-state index contributed by atoms with van der Waals surface area (Å²) in [7, 11) is 0. The molecule has 0 amide bonds. The van der Waals surface area contributed by atoms with Crippen molar-refractivity contribution in [2.45, 2.75) is 199 Å². The number of rotatable bonds is 36. The van der Waals surface area contributed by atoms with Crippen molar-refractivity contribution in [2.75, 3.05) is 13.2 Å². The molecule has 1 aliphatic rings. The third kappa shape index (κ3) is 32.0. The van der Waals surface area contributed by atoms with Crippen molar-refractivity contribution >= 4 is 11.9 Å². The van der Waals surface area contributed by atoms with E-state index in [4.69, 9.17) is 14.2 Å². The molecule has 1 rings (SSSR count). The molecule has 1 N–H and O–H groups in total. The monoisotopic (exact) mass is 713 g/mol. The topological polar surface area (TPSA) is 85.4 Å². The Morgan fingerprint density at radius 1 is 0.569 bits per heavy atom. The molecule has 6 nitrogen and oxygen atoms in total. The summed E-state index contributed by atoms with van der Waals surface area (Å²) >= 11 is 0. The van der Waals surface area contributed by atoms with E-state index in [2.05, 4.69) is 62.5 Å². The first kappa shape index (κ1) is 46.6. The summed E-state index contributed by atoms with van der Waals surface area (Å²) in [5.74, 6) is -0.691. The molecule has 6 heteroatoms. The summed E-state index contributed by atoms with van der Waals surface area (Å²) in [4.78, 5) is 24.3. The largest absolute Gasteiger partial charge is 0.462 e. The maximum Gasteiger partial charge on any atom is 0.306 e. The van der Waals surface area contributed by atoms with Crippen LogP contribution in [0.25, 0.3) is 0 Å². The van der Waals surface area contributed by atoms with Gasteiger partial charge >= 0.3 is 11.9 Å². The van der Waals surface area contributed by atoms with Gasteiger partial charge in [-0.3, -0.25) is 9.59 Å². The van der Waals surface area contributed by atoms with Crippen molar-refractivity contribution in [3.8, 4) is 0 Å². The predicted molar refractivity (Wildman–Crippen MR) is 214 cm³/mol. The van der Waals surface area contributed by atoms with Crippen LogP contribution >= 0.6 is 0 Å². The van der Waals surface area contributed by atoms with Crippen LogP contribution in [-0.4, -0.2) is 48.6 Å². The molecule has 0 radical (unpaired) electrons. The molecule has 1 aliphatic heterocycles. The molecule has 292 valence electrons. The summed E-state index contributed by atoms with van der Waals surface area (Å²) in [6.45, 7) is 3.96. The van der Waals surface area contributed by atoms with E-state index in [0.717, 1.165) is 57.8 Å². The van der Waals surface area contributed by atoms with Crippen LogP contribution in [-0.2, 0) is 23.8 Å². The molecular weight excluding hydrogens is 636 g/mol. The number of aliphatic hydroxyl groups is 1. The Hall–Kier alpha value is -2.44. The highest BCUT2D eigenvalue weighted by Crippen LogP contribution is 2.29. The highest BCUT2D eigenvalue weighted by atomic mass is 16.6. The van der Waals surface area contributed by atoms with E-state index >= 15 is 0 Å². The smallest absolute Gasteiger partial charge is 0.306 e. The third-order valence-electron chi connectivity index (χ3n) is 9.24. The van der Waals surface area contributed by atoms with E-state index in [9.17, 15) is 14.7 Å². The van der Waals surface area contributed by atoms with Crippen LogP contribution in [0, 0.1) is 0 Å². The molecule has 0 spiro atoms. The number of hydrogen-bond acceptors (Lipinski definition) is 6. The van der Waals surface area contributed by atoms with E-state index in [1.807, 2.05) is 12.2 Å². The fraction of sp³-hybridized carbons (Fsp3) is 0.733. The van der Waals surface area contributed by atoms with Crippen LogP contribution in [0.5, 0.6) is 0 Å². The van der Waals surface area contributed by atoms with Gasteiger partial charge < -0.3 is 19.3 Å². The zero-order chi connectivity index (χ0) is 36.9. The SMILES string of the molecule is CC/C=C\CC1OC1C/C=C\C/C=C\C/C=C\C/C=C\CCC(=O)O[C@@H](CO)COC(=O)CCCCCCCCCCCCCCCCCCC. The van der Waals surface area contributed by atoms with E-state index in [1.165, 1.54) is 89.9 Å². The van der Waals surface area contributed by atoms with Gasteiger partial charge in [0.25, 0.3) is 0 Å². The lowest BCUT2D eigenvalue weighted by atomic mass is 10.0. The second-order valence-corrected chi connectivity index (χ2v) is 14.1. The van der Waals surface area contributed by atoms with Crippen molar-refractivity contribution in [2.24, 2.45) is 0 Å². The molecule has 0 bridgehead atoms. The quantitative estimate of drug-likeness (QED) is 0.0301. The van der Waals surface area contributed by atoms with Gasteiger partial charge in [0.1, 0.15) is 6.61 Å². The second kappa shape index (κ2) is 35.9. The van der Waals surface area contributed by atoms with Crippen LogP contribution in [0.2, 0.25) is 0 Å². The van der Waals surface area contributed by atoms with Gasteiger partial charge in [-0.2, -0.15) is 0 Å². The molecule has 0 aromatic heterocycles. The lowest BCUT2D eigenvalue weighted by Gasteiger charge is -2.15. The van der Waals surface area contributed by atoms with E-state index in [0.29, 0.717) is 25.0 Å². The zero-order valence-electron chi connectivity index (χ0n) is 32.8. The normalized spacial score (nSPS) is 16.8. The molecule has 0 aromatic carbocycles. The van der Waals surface area contributed by atoms with Crippen LogP contribution in [0.3, 0.4) is 0 Å². The fourth-order valence-electron chi connectivity index (χ4n) is 5.97. The number of ether oxygens (including phenoxy) is 3. The summed E-state index contributed by atoms with van der Waals surface area (Å²) in [6, 6.07) is 0. The van der Waals surface area contributed by atoms with Crippen molar-refractivity contribution in [3.05, 3.63) is 60.8 Å². The molecule has 0 aliphatic carbocycles. The Bertz CT molecular complexity index is 964. The Balaban J connectivity index is 1.92. The van der Waals surface area contributed by atoms with Gasteiger partial charge in [0.15, 0.2) is 6.10 Å². The molecule has 3 atom stereocenters. The summed E-state index contributed by atoms with van der Waals surface area (Å²) in [5, 5.41) is 9.56. The maximum atomic E-state index is 12.2. The van der Waals surface area contributed by atoms with Crippen molar-refractivity contribution in [1.82, 2.24) is 0 Å². The van der Waals surface area contributed by atoms with Gasteiger partial charge in [0, 0.05) is 12.8 Å². The zero-order valence-corrected chi connectivity index (χ0v) is 32.8. The summed E-state index contributed by atoms with van der Waals surface area (Å²) < 4.78 is 16.2. The molecule has 1 saturated heterocycles. The Labute approximate surface area is 313 Å². The summed E-state index contributed by atoms with van der Waals surface area (Å²) in [6.07, 6.45) is 50.5. The number of aliphatic hydroxyl groups excluding tert-OH is 1. The van der Waals surface area contributed by atoms with E-state index < -0.39 is 12.1 Å². The van der Waals surface area contributed by atoms with Crippen LogP contribution < -0.4 is 0 Å². The molecule has 1 heterocycles. The van der Waals surface area contributed by atoms with Crippen LogP contribution in [0.15, 0.2) is 60.8 Å². The molecule has 0 aromatic rings. The lowest BCUT2D eigenvalue weighted by molar-refractivity contribution is -0.161. The molecule has 0 saturated carbocycles. The second-order valence-electron chi connectivity index (χ2n) is 14.1. The van der Waals surface area contributed by atoms with Gasteiger partial charge in [0.05, 0.1) is 18.8 Å². The number of esters is 2. The van der Waals surface area contributed by atoms with Crippen LogP contribution in [0.4, 0.5) is 0 Å². The van der Waals surface area contributed by atoms with Gasteiger partial charge in [-0.15, -0.1) is 0 Å². The highest BCUT2D eigenvalue weighted by molar-refractivity contribution is 5.70. The number of carbonyl (C=O) groups is 2. The van der Waals surface area contributed by atoms with Gasteiger partial charge in [0.2, 0.25) is 0 Å². The molecule has 51 heavy (non-hydrogen) atoms. The van der Waals surface area contributed by atoms with E-state index in [1.54, 1.807) is 0 Å². The number of epoxide rings is 1.